The van der Waals surface area contributed by atoms with Crippen LogP contribution in [0.5, 0.6) is 0 Å². The number of rotatable bonds is 7. The number of carbonyl (C=O) groups is 2. The van der Waals surface area contributed by atoms with Crippen LogP contribution in [-0.4, -0.2) is 36.3 Å². The van der Waals surface area contributed by atoms with Gasteiger partial charge in [0.2, 0.25) is 11.8 Å². The van der Waals surface area contributed by atoms with E-state index in [1.807, 2.05) is 35.2 Å². The van der Waals surface area contributed by atoms with E-state index < -0.39 is 0 Å². The van der Waals surface area contributed by atoms with Crippen LogP contribution in [0.2, 0.25) is 0 Å². The van der Waals surface area contributed by atoms with E-state index in [1.54, 1.807) is 0 Å². The molecule has 132 valence electrons. The van der Waals surface area contributed by atoms with Gasteiger partial charge in [0.05, 0.1) is 0 Å². The van der Waals surface area contributed by atoms with Crippen LogP contribution >= 0.6 is 0 Å². The Morgan fingerprint density at radius 3 is 2.54 bits per heavy atom. The normalized spacial score (nSPS) is 16.7. The Balaban J connectivity index is 1.75. The van der Waals surface area contributed by atoms with Gasteiger partial charge in [-0.2, -0.15) is 0 Å². The van der Waals surface area contributed by atoms with Crippen molar-refractivity contribution in [2.24, 2.45) is 11.7 Å². The molecule has 5 nitrogen and oxygen atoms in total. The summed E-state index contributed by atoms with van der Waals surface area (Å²) in [7, 11) is 0. The number of nitrogens with two attached hydrogens (primary N) is 1. The van der Waals surface area contributed by atoms with Gasteiger partial charge in [-0.1, -0.05) is 43.7 Å². The maximum Gasteiger partial charge on any atom is 0.224 e. The van der Waals surface area contributed by atoms with Gasteiger partial charge in [0, 0.05) is 38.0 Å². The molecular formula is C19H29N3O2. The highest BCUT2D eigenvalue weighted by Crippen LogP contribution is 2.20. The molecule has 0 aromatic heterocycles. The Morgan fingerprint density at radius 2 is 1.92 bits per heavy atom. The number of likely N-dealkylation sites (tertiary alicyclic amines) is 1. The fourth-order valence-electron chi connectivity index (χ4n) is 3.06. The molecule has 24 heavy (non-hydrogen) atoms. The predicted molar refractivity (Wildman–Crippen MR) is 95.2 cm³/mol. The molecule has 0 aliphatic carbocycles. The summed E-state index contributed by atoms with van der Waals surface area (Å²) in [5, 5.41) is 2.99. The van der Waals surface area contributed by atoms with E-state index in [9.17, 15) is 9.59 Å². The minimum atomic E-state index is -0.270. The summed E-state index contributed by atoms with van der Waals surface area (Å²) in [4.78, 5) is 26.3. The molecule has 0 radical (unpaired) electrons. The molecule has 1 unspecified atom stereocenters. The van der Waals surface area contributed by atoms with Gasteiger partial charge in [-0.25, -0.2) is 0 Å². The van der Waals surface area contributed by atoms with E-state index >= 15 is 0 Å². The first-order chi connectivity index (χ1) is 11.6. The fraction of sp³-hybridized carbons (Fsp3) is 0.579. The molecule has 1 saturated heterocycles. The molecular weight excluding hydrogens is 302 g/mol. The average Bonchev–Trinajstić information content (AvgIpc) is 2.62. The SMILES string of the molecule is CCCCNC(=O)C1CCN(C(=O)CC(N)c2ccccc2)CC1. The van der Waals surface area contributed by atoms with Gasteiger partial charge in [0.25, 0.3) is 0 Å². The van der Waals surface area contributed by atoms with E-state index in [-0.39, 0.29) is 23.8 Å². The van der Waals surface area contributed by atoms with Crippen molar-refractivity contribution in [3.8, 4) is 0 Å². The van der Waals surface area contributed by atoms with Gasteiger partial charge in [0.15, 0.2) is 0 Å². The molecule has 0 spiro atoms. The molecule has 0 saturated carbocycles. The number of piperidine rings is 1. The van der Waals surface area contributed by atoms with Crippen molar-refractivity contribution in [1.82, 2.24) is 10.2 Å². The predicted octanol–water partition coefficient (Wildman–Crippen LogP) is 2.23. The van der Waals surface area contributed by atoms with Crippen LogP contribution in [0.25, 0.3) is 0 Å². The minimum absolute atomic E-state index is 0.0358. The lowest BCUT2D eigenvalue weighted by Crippen LogP contribution is -2.43. The van der Waals surface area contributed by atoms with E-state index in [0.29, 0.717) is 19.5 Å². The van der Waals surface area contributed by atoms with Crippen LogP contribution in [0.1, 0.15) is 50.6 Å². The number of hydrogen-bond acceptors (Lipinski definition) is 3. The van der Waals surface area contributed by atoms with Gasteiger partial charge >= 0.3 is 0 Å². The minimum Gasteiger partial charge on any atom is -0.356 e. The lowest BCUT2D eigenvalue weighted by atomic mass is 9.95. The molecule has 1 heterocycles. The second-order valence-corrected chi connectivity index (χ2v) is 6.52. The average molecular weight is 331 g/mol. The number of amides is 2. The largest absolute Gasteiger partial charge is 0.356 e. The Kier molecular flexibility index (Phi) is 7.25. The Hall–Kier alpha value is -1.88. The smallest absolute Gasteiger partial charge is 0.224 e. The van der Waals surface area contributed by atoms with Gasteiger partial charge < -0.3 is 16.0 Å². The van der Waals surface area contributed by atoms with Crippen molar-refractivity contribution in [1.29, 1.82) is 0 Å². The summed E-state index contributed by atoms with van der Waals surface area (Å²) in [6.07, 6.45) is 3.89. The number of benzene rings is 1. The van der Waals surface area contributed by atoms with Crippen LogP contribution in [-0.2, 0) is 9.59 Å². The fourth-order valence-corrected chi connectivity index (χ4v) is 3.06. The highest BCUT2D eigenvalue weighted by atomic mass is 16.2. The summed E-state index contributed by atoms with van der Waals surface area (Å²) >= 11 is 0. The first-order valence-electron chi connectivity index (χ1n) is 8.97. The van der Waals surface area contributed by atoms with E-state index in [4.69, 9.17) is 5.73 Å². The summed E-state index contributed by atoms with van der Waals surface area (Å²) in [5.74, 6) is 0.251. The standard InChI is InChI=1S/C19H29N3O2/c1-2-3-11-21-19(24)16-9-12-22(13-10-16)18(23)14-17(20)15-7-5-4-6-8-15/h4-8,16-17H,2-3,9-14,20H2,1H3,(H,21,24). The summed E-state index contributed by atoms with van der Waals surface area (Å²) in [5.41, 5.74) is 7.12. The quantitative estimate of drug-likeness (QED) is 0.752. The Morgan fingerprint density at radius 1 is 1.25 bits per heavy atom. The first-order valence-corrected chi connectivity index (χ1v) is 8.97. The van der Waals surface area contributed by atoms with Crippen molar-refractivity contribution in [2.75, 3.05) is 19.6 Å². The highest BCUT2D eigenvalue weighted by Gasteiger charge is 2.27. The van der Waals surface area contributed by atoms with Gasteiger partial charge in [-0.3, -0.25) is 9.59 Å². The third kappa shape index (κ3) is 5.34. The lowest BCUT2D eigenvalue weighted by Gasteiger charge is -2.32. The zero-order valence-corrected chi connectivity index (χ0v) is 14.5. The molecule has 2 rings (SSSR count). The van der Waals surface area contributed by atoms with Crippen molar-refractivity contribution in [3.63, 3.8) is 0 Å². The summed E-state index contributed by atoms with van der Waals surface area (Å²) in [6.45, 7) is 4.15. The van der Waals surface area contributed by atoms with Crippen LogP contribution in [0.3, 0.4) is 0 Å². The van der Waals surface area contributed by atoms with Crippen molar-refractivity contribution >= 4 is 11.8 Å². The summed E-state index contributed by atoms with van der Waals surface area (Å²) < 4.78 is 0. The molecule has 1 aromatic carbocycles. The molecule has 1 aliphatic rings. The van der Waals surface area contributed by atoms with E-state index in [1.165, 1.54) is 0 Å². The van der Waals surface area contributed by atoms with Crippen LogP contribution in [0, 0.1) is 5.92 Å². The lowest BCUT2D eigenvalue weighted by molar-refractivity contribution is -0.135. The number of hydrogen-bond donors (Lipinski definition) is 2. The summed E-state index contributed by atoms with van der Waals surface area (Å²) in [6, 6.07) is 9.43. The molecule has 1 aromatic rings. The van der Waals surface area contributed by atoms with E-state index in [0.717, 1.165) is 37.8 Å². The van der Waals surface area contributed by atoms with Gasteiger partial charge in [-0.15, -0.1) is 0 Å². The second-order valence-electron chi connectivity index (χ2n) is 6.52. The monoisotopic (exact) mass is 331 g/mol. The molecule has 1 fully saturated rings. The van der Waals surface area contributed by atoms with E-state index in [2.05, 4.69) is 12.2 Å². The maximum absolute atomic E-state index is 12.4. The molecule has 1 atom stereocenters. The topological polar surface area (TPSA) is 75.4 Å². The molecule has 0 bridgehead atoms. The van der Waals surface area contributed by atoms with Crippen LogP contribution in [0.4, 0.5) is 0 Å². The molecule has 2 amide bonds. The number of unbranched alkanes of at least 4 members (excludes halogenated alkanes) is 1. The maximum atomic E-state index is 12.4. The zero-order chi connectivity index (χ0) is 17.4. The van der Waals surface area contributed by atoms with Gasteiger partial charge in [-0.05, 0) is 24.8 Å². The van der Waals surface area contributed by atoms with Gasteiger partial charge in [0.1, 0.15) is 0 Å². The first kappa shape index (κ1) is 18.5. The van der Waals surface area contributed by atoms with Crippen LogP contribution < -0.4 is 11.1 Å². The third-order valence-corrected chi connectivity index (χ3v) is 4.67. The third-order valence-electron chi connectivity index (χ3n) is 4.67. The number of carbonyl (C=O) groups excluding carboxylic acids is 2. The molecule has 3 N–H and O–H groups in total. The van der Waals surface area contributed by atoms with Crippen molar-refractivity contribution in [3.05, 3.63) is 35.9 Å². The van der Waals surface area contributed by atoms with Crippen molar-refractivity contribution < 1.29 is 9.59 Å². The van der Waals surface area contributed by atoms with Crippen molar-refractivity contribution in [2.45, 2.75) is 45.1 Å². The second kappa shape index (κ2) is 9.42. The molecule has 1 aliphatic heterocycles. The Bertz CT molecular complexity index is 525. The molecule has 5 heteroatoms. The number of nitrogens with zero attached hydrogens (tertiary/aromatic N) is 1. The van der Waals surface area contributed by atoms with Crippen LogP contribution in [0.15, 0.2) is 30.3 Å². The highest BCUT2D eigenvalue weighted by molar-refractivity contribution is 5.80. The zero-order valence-electron chi connectivity index (χ0n) is 14.5. The number of nitrogens with one attached hydrogen (secondary N) is 1. The Labute approximate surface area is 144 Å².